The lowest BCUT2D eigenvalue weighted by Gasteiger charge is -2.23. The van der Waals surface area contributed by atoms with Crippen LogP contribution in [0.25, 0.3) is 0 Å². The van der Waals surface area contributed by atoms with Gasteiger partial charge in [0.25, 0.3) is 0 Å². The molecule has 0 aliphatic heterocycles. The molecule has 1 aromatic carbocycles. The highest BCUT2D eigenvalue weighted by Gasteiger charge is 2.22. The quantitative estimate of drug-likeness (QED) is 0.903. The van der Waals surface area contributed by atoms with Crippen molar-refractivity contribution < 1.29 is 4.74 Å². The van der Waals surface area contributed by atoms with Gasteiger partial charge in [-0.3, -0.25) is 4.68 Å². The summed E-state index contributed by atoms with van der Waals surface area (Å²) in [4.78, 5) is 0. The van der Waals surface area contributed by atoms with Crippen LogP contribution in [0.5, 0.6) is 5.75 Å². The van der Waals surface area contributed by atoms with Gasteiger partial charge in [-0.15, -0.1) is 0 Å². The smallest absolute Gasteiger partial charge is 0.142 e. The molecule has 0 bridgehead atoms. The first kappa shape index (κ1) is 14.1. The minimum Gasteiger partial charge on any atom is -0.484 e. The van der Waals surface area contributed by atoms with E-state index in [1.165, 1.54) is 0 Å². The molecule has 20 heavy (non-hydrogen) atoms. The average molecular weight is 270 g/mol. The van der Waals surface area contributed by atoms with Gasteiger partial charge in [-0.25, -0.2) is 0 Å². The van der Waals surface area contributed by atoms with E-state index in [-0.39, 0.29) is 12.1 Å². The third kappa shape index (κ3) is 3.16. The Balaban J connectivity index is 2.26. The second-order valence-corrected chi connectivity index (χ2v) is 4.70. The molecule has 0 aliphatic carbocycles. The summed E-state index contributed by atoms with van der Waals surface area (Å²) in [5, 5.41) is 13.1. The highest BCUT2D eigenvalue weighted by Crippen LogP contribution is 2.25. The topological polar surface area (TPSA) is 76.9 Å². The lowest BCUT2D eigenvalue weighted by Crippen LogP contribution is -2.31. The number of ether oxygens (including phenoxy) is 1. The van der Waals surface area contributed by atoms with Gasteiger partial charge in [-0.1, -0.05) is 13.0 Å². The number of rotatable bonds is 5. The van der Waals surface area contributed by atoms with Gasteiger partial charge < -0.3 is 10.5 Å². The van der Waals surface area contributed by atoms with Crippen molar-refractivity contribution in [2.24, 2.45) is 12.8 Å². The third-order valence-electron chi connectivity index (χ3n) is 3.14. The molecule has 0 spiro atoms. The molecule has 2 atom stereocenters. The zero-order valence-corrected chi connectivity index (χ0v) is 11.7. The Bertz CT molecular complexity index is 614. The summed E-state index contributed by atoms with van der Waals surface area (Å²) in [5.74, 6) is 0.641. The number of nitriles is 1. The predicted octanol–water partition coefficient (Wildman–Crippen LogP) is 2.15. The molecule has 5 nitrogen and oxygen atoms in total. The third-order valence-corrected chi connectivity index (χ3v) is 3.14. The number of aryl methyl sites for hydroxylation is 1. The highest BCUT2D eigenvalue weighted by molar-refractivity contribution is 5.36. The molecular weight excluding hydrogens is 252 g/mol. The minimum atomic E-state index is -0.275. The predicted molar refractivity (Wildman–Crippen MR) is 76.0 cm³/mol. The number of hydrogen-bond acceptors (Lipinski definition) is 4. The molecule has 2 N–H and O–H groups in total. The van der Waals surface area contributed by atoms with E-state index in [0.717, 1.165) is 12.0 Å². The standard InChI is InChI=1S/C15H18N4O/c1-3-14(17)15(12-9-18-19(2)10-12)20-13-6-4-5-11(7-13)8-16/h4-7,9-10,14-15H,3,17H2,1-2H3. The summed E-state index contributed by atoms with van der Waals surface area (Å²) >= 11 is 0. The SMILES string of the molecule is CCC(N)C(Oc1cccc(C#N)c1)c1cnn(C)c1. The Morgan fingerprint density at radius 1 is 1.50 bits per heavy atom. The van der Waals surface area contributed by atoms with Crippen LogP contribution in [0.15, 0.2) is 36.7 Å². The number of nitrogens with two attached hydrogens (primary N) is 1. The first-order valence-electron chi connectivity index (χ1n) is 6.55. The van der Waals surface area contributed by atoms with Crippen LogP contribution in [0.1, 0.15) is 30.6 Å². The van der Waals surface area contributed by atoms with Crippen LogP contribution in [0.2, 0.25) is 0 Å². The zero-order valence-electron chi connectivity index (χ0n) is 11.7. The van der Waals surface area contributed by atoms with Gasteiger partial charge >= 0.3 is 0 Å². The molecule has 2 rings (SSSR count). The van der Waals surface area contributed by atoms with Gasteiger partial charge in [0.2, 0.25) is 0 Å². The van der Waals surface area contributed by atoms with Crippen molar-refractivity contribution in [1.82, 2.24) is 9.78 Å². The van der Waals surface area contributed by atoms with Crippen LogP contribution in [0.4, 0.5) is 0 Å². The molecule has 0 fully saturated rings. The maximum atomic E-state index is 8.93. The number of aromatic nitrogens is 2. The van der Waals surface area contributed by atoms with Gasteiger partial charge in [0, 0.05) is 24.8 Å². The van der Waals surface area contributed by atoms with E-state index in [4.69, 9.17) is 15.7 Å². The van der Waals surface area contributed by atoms with Gasteiger partial charge in [0.1, 0.15) is 11.9 Å². The largest absolute Gasteiger partial charge is 0.484 e. The fraction of sp³-hybridized carbons (Fsp3) is 0.333. The van der Waals surface area contributed by atoms with Crippen molar-refractivity contribution >= 4 is 0 Å². The van der Waals surface area contributed by atoms with Crippen molar-refractivity contribution in [3.63, 3.8) is 0 Å². The molecule has 2 aromatic rings. The van der Waals surface area contributed by atoms with Gasteiger partial charge in [-0.2, -0.15) is 10.4 Å². The molecule has 1 aromatic heterocycles. The van der Waals surface area contributed by atoms with Crippen LogP contribution in [0, 0.1) is 11.3 Å². The lowest BCUT2D eigenvalue weighted by molar-refractivity contribution is 0.171. The fourth-order valence-corrected chi connectivity index (χ4v) is 1.99. The van der Waals surface area contributed by atoms with Gasteiger partial charge in [0.15, 0.2) is 0 Å². The number of benzene rings is 1. The summed E-state index contributed by atoms with van der Waals surface area (Å²) in [6, 6.07) is 9.04. The molecule has 0 amide bonds. The zero-order chi connectivity index (χ0) is 14.5. The van der Waals surface area contributed by atoms with Crippen molar-refractivity contribution in [3.8, 4) is 11.8 Å². The molecule has 2 unspecified atom stereocenters. The van der Waals surface area contributed by atoms with E-state index in [9.17, 15) is 0 Å². The number of hydrogen-bond donors (Lipinski definition) is 1. The van der Waals surface area contributed by atoms with E-state index >= 15 is 0 Å². The molecule has 1 heterocycles. The molecule has 104 valence electrons. The molecule has 0 saturated carbocycles. The maximum absolute atomic E-state index is 8.93. The summed E-state index contributed by atoms with van der Waals surface area (Å²) in [7, 11) is 1.86. The Labute approximate surface area is 118 Å². The second-order valence-electron chi connectivity index (χ2n) is 4.70. The van der Waals surface area contributed by atoms with Crippen molar-refractivity contribution in [2.75, 3.05) is 0 Å². The van der Waals surface area contributed by atoms with Crippen LogP contribution in [-0.4, -0.2) is 15.8 Å². The summed E-state index contributed by atoms with van der Waals surface area (Å²) < 4.78 is 7.70. The second kappa shape index (κ2) is 6.22. The van der Waals surface area contributed by atoms with Crippen molar-refractivity contribution in [3.05, 3.63) is 47.8 Å². The first-order valence-corrected chi connectivity index (χ1v) is 6.55. The van der Waals surface area contributed by atoms with Crippen molar-refractivity contribution in [1.29, 1.82) is 5.26 Å². The van der Waals surface area contributed by atoms with Crippen LogP contribution >= 0.6 is 0 Å². The summed E-state index contributed by atoms with van der Waals surface area (Å²) in [5.41, 5.74) is 7.65. The normalized spacial score (nSPS) is 13.5. The van der Waals surface area contributed by atoms with Crippen molar-refractivity contribution in [2.45, 2.75) is 25.5 Å². The minimum absolute atomic E-state index is 0.134. The fourth-order valence-electron chi connectivity index (χ4n) is 1.99. The lowest BCUT2D eigenvalue weighted by atomic mass is 10.0. The Hall–Kier alpha value is -2.32. The Kier molecular flexibility index (Phi) is 4.38. The number of nitrogens with zero attached hydrogens (tertiary/aromatic N) is 3. The van der Waals surface area contributed by atoms with Crippen LogP contribution in [-0.2, 0) is 7.05 Å². The average Bonchev–Trinajstić information content (AvgIpc) is 2.90. The molecule has 0 aliphatic rings. The molecular formula is C15H18N4O. The maximum Gasteiger partial charge on any atom is 0.142 e. The molecule has 0 saturated heterocycles. The molecule has 5 heteroatoms. The highest BCUT2D eigenvalue weighted by atomic mass is 16.5. The monoisotopic (exact) mass is 270 g/mol. The Morgan fingerprint density at radius 2 is 2.30 bits per heavy atom. The Morgan fingerprint density at radius 3 is 2.90 bits per heavy atom. The van der Waals surface area contributed by atoms with E-state index < -0.39 is 0 Å². The van der Waals surface area contributed by atoms with E-state index in [2.05, 4.69) is 11.2 Å². The van der Waals surface area contributed by atoms with E-state index in [0.29, 0.717) is 11.3 Å². The first-order chi connectivity index (χ1) is 9.63. The van der Waals surface area contributed by atoms with Crippen LogP contribution in [0.3, 0.4) is 0 Å². The summed E-state index contributed by atoms with van der Waals surface area (Å²) in [6.45, 7) is 2.02. The summed E-state index contributed by atoms with van der Waals surface area (Å²) in [6.07, 6.45) is 4.17. The molecule has 0 radical (unpaired) electrons. The van der Waals surface area contributed by atoms with Crippen LogP contribution < -0.4 is 10.5 Å². The van der Waals surface area contributed by atoms with E-state index in [1.807, 2.05) is 26.2 Å². The van der Waals surface area contributed by atoms with Gasteiger partial charge in [0.05, 0.1) is 17.8 Å². The van der Waals surface area contributed by atoms with Gasteiger partial charge in [-0.05, 0) is 24.6 Å². The van der Waals surface area contributed by atoms with E-state index in [1.54, 1.807) is 29.1 Å².